The van der Waals surface area contributed by atoms with Gasteiger partial charge in [-0.3, -0.25) is 14.4 Å². The molecule has 8 heteroatoms. The zero-order chi connectivity index (χ0) is 30.5. The summed E-state index contributed by atoms with van der Waals surface area (Å²) in [7, 11) is 0. The third-order valence-electron chi connectivity index (χ3n) is 9.97. The van der Waals surface area contributed by atoms with Crippen LogP contribution >= 0.6 is 0 Å². The number of carbonyl (C=O) groups is 3. The molecule has 3 aliphatic rings. The molecule has 43 heavy (non-hydrogen) atoms. The van der Waals surface area contributed by atoms with Crippen LogP contribution in [-0.4, -0.2) is 57.6 Å². The molecule has 3 saturated heterocycles. The largest absolute Gasteiger partial charge is 0.394 e. The Hall–Kier alpha value is -4.01. The summed E-state index contributed by atoms with van der Waals surface area (Å²) in [5.41, 5.74) is 1.88. The number of ether oxygens (including phenoxy) is 1. The third kappa shape index (κ3) is 4.64. The molecule has 3 aromatic carbocycles. The number of carbonyl (C=O) groups excluding carboxylic acids is 3. The Labute approximate surface area is 252 Å². The van der Waals surface area contributed by atoms with Crippen molar-refractivity contribution in [2.45, 2.75) is 63.8 Å². The van der Waals surface area contributed by atoms with Crippen molar-refractivity contribution in [3.8, 4) is 0 Å². The molecule has 3 fully saturated rings. The summed E-state index contributed by atoms with van der Waals surface area (Å²) in [5.74, 6) is -2.81. The van der Waals surface area contributed by atoms with Crippen molar-refractivity contribution in [1.29, 1.82) is 0 Å². The summed E-state index contributed by atoms with van der Waals surface area (Å²) < 4.78 is 6.87. The van der Waals surface area contributed by atoms with Crippen molar-refractivity contribution in [3.05, 3.63) is 95.6 Å². The van der Waals surface area contributed by atoms with Gasteiger partial charge in [-0.15, -0.1) is 0 Å². The number of likely N-dealkylation sites (tertiary alicyclic amines) is 1. The highest BCUT2D eigenvalue weighted by Gasteiger charge is 2.80. The molecule has 3 unspecified atom stereocenters. The van der Waals surface area contributed by atoms with E-state index in [0.717, 1.165) is 16.7 Å². The summed E-state index contributed by atoms with van der Waals surface area (Å²) in [5, 5.41) is 16.8. The van der Waals surface area contributed by atoms with Crippen LogP contribution in [0.5, 0.6) is 0 Å². The Morgan fingerprint density at radius 1 is 0.953 bits per heavy atom. The molecule has 7 atom stereocenters. The van der Waals surface area contributed by atoms with Gasteiger partial charge in [-0.2, -0.15) is 0 Å². The van der Waals surface area contributed by atoms with Gasteiger partial charge in [0.05, 0.1) is 30.1 Å². The lowest BCUT2D eigenvalue weighted by atomic mass is 9.62. The average Bonchev–Trinajstić information content (AvgIpc) is 3.51. The summed E-state index contributed by atoms with van der Waals surface area (Å²) in [6.45, 7) is 7.43. The van der Waals surface area contributed by atoms with E-state index in [9.17, 15) is 19.5 Å². The molecule has 0 aliphatic carbocycles. The van der Waals surface area contributed by atoms with Crippen LogP contribution in [0.2, 0.25) is 0 Å². The molecule has 3 amide bonds. The number of nitrogens with one attached hydrogen (secondary N) is 2. The number of para-hydroxylation sites is 2. The number of fused-ring (bicyclic) bond motifs is 1. The van der Waals surface area contributed by atoms with Gasteiger partial charge in [0, 0.05) is 11.4 Å². The molecule has 3 aliphatic heterocycles. The standard InChI is InChI=1S/C35H39N3O5/c1-21-12-11-13-22(2)29(21)37-32(41)30-35-19-23(3)34(4,43-35)27(31(40)36-25-16-9-6-10-17-25)28(35)33(42)38(30)26(20-39)18-24-14-7-5-8-15-24/h5-17,23,26-28,30,39H,18-20H2,1-4H3,(H,36,40)(H,37,41)/t23?,26-,27-,28+,30?,34+,35?/m1/s1. The molecule has 224 valence electrons. The summed E-state index contributed by atoms with van der Waals surface area (Å²) in [6.07, 6.45) is 0.798. The normalized spacial score (nSPS) is 29.8. The number of benzene rings is 3. The molecular weight excluding hydrogens is 542 g/mol. The van der Waals surface area contributed by atoms with Crippen molar-refractivity contribution in [2.75, 3.05) is 17.2 Å². The van der Waals surface area contributed by atoms with Gasteiger partial charge in [0.15, 0.2) is 0 Å². The lowest BCUT2D eigenvalue weighted by Crippen LogP contribution is -2.57. The Morgan fingerprint density at radius 2 is 1.58 bits per heavy atom. The predicted molar refractivity (Wildman–Crippen MR) is 164 cm³/mol. The van der Waals surface area contributed by atoms with Crippen LogP contribution in [0.15, 0.2) is 78.9 Å². The minimum absolute atomic E-state index is 0.0970. The fourth-order valence-electron chi connectivity index (χ4n) is 7.85. The Morgan fingerprint density at radius 3 is 2.21 bits per heavy atom. The number of aliphatic hydroxyl groups excluding tert-OH is 1. The van der Waals surface area contributed by atoms with Gasteiger partial charge in [-0.1, -0.05) is 73.7 Å². The van der Waals surface area contributed by atoms with Crippen molar-refractivity contribution in [3.63, 3.8) is 0 Å². The van der Waals surface area contributed by atoms with E-state index in [1.807, 2.05) is 94.4 Å². The number of nitrogens with zero attached hydrogens (tertiary/aromatic N) is 1. The minimum Gasteiger partial charge on any atom is -0.394 e. The summed E-state index contributed by atoms with van der Waals surface area (Å²) >= 11 is 0. The molecule has 3 heterocycles. The van der Waals surface area contributed by atoms with Gasteiger partial charge < -0.3 is 25.4 Å². The van der Waals surface area contributed by atoms with Crippen LogP contribution in [0.4, 0.5) is 11.4 Å². The summed E-state index contributed by atoms with van der Waals surface area (Å²) in [4.78, 5) is 44.7. The van der Waals surface area contributed by atoms with E-state index in [-0.39, 0.29) is 30.2 Å². The highest BCUT2D eigenvalue weighted by Crippen LogP contribution is 2.65. The quantitative estimate of drug-likeness (QED) is 0.363. The van der Waals surface area contributed by atoms with E-state index >= 15 is 0 Å². The maximum atomic E-state index is 14.7. The van der Waals surface area contributed by atoms with E-state index in [0.29, 0.717) is 24.2 Å². The zero-order valence-corrected chi connectivity index (χ0v) is 25.0. The van der Waals surface area contributed by atoms with Gasteiger partial charge >= 0.3 is 0 Å². The molecule has 1 spiro atoms. The minimum atomic E-state index is -1.23. The molecule has 3 aromatic rings. The third-order valence-corrected chi connectivity index (χ3v) is 9.97. The van der Waals surface area contributed by atoms with Gasteiger partial charge in [0.2, 0.25) is 17.7 Å². The van der Waals surface area contributed by atoms with Crippen molar-refractivity contribution in [2.24, 2.45) is 17.8 Å². The molecule has 6 rings (SSSR count). The maximum Gasteiger partial charge on any atom is 0.250 e. The van der Waals surface area contributed by atoms with Crippen molar-refractivity contribution >= 4 is 29.1 Å². The number of anilines is 2. The predicted octanol–water partition coefficient (Wildman–Crippen LogP) is 4.49. The first kappa shape index (κ1) is 29.1. The number of aryl methyl sites for hydroxylation is 2. The second kappa shape index (κ2) is 10.9. The van der Waals surface area contributed by atoms with Gasteiger partial charge in [0.1, 0.15) is 11.6 Å². The highest BCUT2D eigenvalue weighted by molar-refractivity contribution is 6.06. The maximum absolute atomic E-state index is 14.7. The average molecular weight is 582 g/mol. The molecule has 2 bridgehead atoms. The molecule has 0 saturated carbocycles. The number of hydrogen-bond acceptors (Lipinski definition) is 5. The molecular formula is C35H39N3O5. The van der Waals surface area contributed by atoms with E-state index in [4.69, 9.17) is 4.74 Å². The van der Waals surface area contributed by atoms with Crippen LogP contribution in [0.1, 0.15) is 37.0 Å². The fraction of sp³-hybridized carbons (Fsp3) is 0.400. The molecule has 0 aromatic heterocycles. The van der Waals surface area contributed by atoms with Crippen molar-refractivity contribution < 1.29 is 24.2 Å². The van der Waals surface area contributed by atoms with E-state index < -0.39 is 35.1 Å². The highest BCUT2D eigenvalue weighted by atomic mass is 16.5. The van der Waals surface area contributed by atoms with Crippen LogP contribution in [0, 0.1) is 31.6 Å². The smallest absolute Gasteiger partial charge is 0.250 e. The topological polar surface area (TPSA) is 108 Å². The number of amides is 3. The van der Waals surface area contributed by atoms with Crippen LogP contribution in [-0.2, 0) is 25.5 Å². The van der Waals surface area contributed by atoms with E-state index in [1.165, 1.54) is 4.90 Å². The Balaban J connectivity index is 1.44. The van der Waals surface area contributed by atoms with Gasteiger partial charge in [-0.05, 0) is 68.4 Å². The van der Waals surface area contributed by atoms with Crippen LogP contribution < -0.4 is 10.6 Å². The van der Waals surface area contributed by atoms with Gasteiger partial charge in [-0.25, -0.2) is 0 Å². The first-order valence-corrected chi connectivity index (χ1v) is 15.0. The fourth-order valence-corrected chi connectivity index (χ4v) is 7.85. The van der Waals surface area contributed by atoms with Crippen LogP contribution in [0.3, 0.4) is 0 Å². The number of rotatable bonds is 8. The monoisotopic (exact) mass is 581 g/mol. The lowest BCUT2D eigenvalue weighted by molar-refractivity contribution is -0.147. The Kier molecular flexibility index (Phi) is 7.39. The Bertz CT molecular complexity index is 1530. The first-order chi connectivity index (χ1) is 20.6. The number of aliphatic hydroxyl groups is 1. The van der Waals surface area contributed by atoms with Gasteiger partial charge in [0.25, 0.3) is 0 Å². The molecule has 3 N–H and O–H groups in total. The van der Waals surface area contributed by atoms with Crippen LogP contribution in [0.25, 0.3) is 0 Å². The number of hydrogen-bond donors (Lipinski definition) is 3. The van der Waals surface area contributed by atoms with E-state index in [2.05, 4.69) is 10.6 Å². The lowest BCUT2D eigenvalue weighted by Gasteiger charge is -2.37. The molecule has 0 radical (unpaired) electrons. The first-order valence-electron chi connectivity index (χ1n) is 15.0. The SMILES string of the molecule is Cc1cccc(C)c1NC(=O)C1N([C@@H](CO)Cc2ccccc2)C(=O)[C@@H]2[C@H](C(=O)Nc3ccccc3)[C@@]3(C)OC12CC3C. The van der Waals surface area contributed by atoms with Crippen molar-refractivity contribution in [1.82, 2.24) is 4.90 Å². The second-order valence-electron chi connectivity index (χ2n) is 12.6. The zero-order valence-electron chi connectivity index (χ0n) is 25.0. The second-order valence-corrected chi connectivity index (χ2v) is 12.6. The molecule has 8 nitrogen and oxygen atoms in total. The van der Waals surface area contributed by atoms with E-state index in [1.54, 1.807) is 12.1 Å². The summed E-state index contributed by atoms with van der Waals surface area (Å²) in [6, 6.07) is 22.8.